The molecule has 3 aromatic rings. The molecule has 2 aromatic carbocycles. The number of hydrogen-bond acceptors (Lipinski definition) is 7. The Balaban J connectivity index is 1.56. The number of nitrogens with one attached hydrogen (secondary N) is 2. The van der Waals surface area contributed by atoms with Gasteiger partial charge in [-0.1, -0.05) is 11.6 Å². The normalized spacial score (nSPS) is 11.9. The Bertz CT molecular complexity index is 904. The van der Waals surface area contributed by atoms with Crippen molar-refractivity contribution in [3.05, 3.63) is 65.9 Å². The van der Waals surface area contributed by atoms with Gasteiger partial charge >= 0.3 is 0 Å². The summed E-state index contributed by atoms with van der Waals surface area (Å²) in [5, 5.41) is 17.0. The van der Waals surface area contributed by atoms with Gasteiger partial charge in [0.15, 0.2) is 0 Å². The molecule has 7 nitrogen and oxygen atoms in total. The highest BCUT2D eigenvalue weighted by Gasteiger charge is 2.07. The van der Waals surface area contributed by atoms with Crippen molar-refractivity contribution < 1.29 is 9.84 Å². The van der Waals surface area contributed by atoms with Crippen molar-refractivity contribution in [2.75, 3.05) is 37.9 Å². The number of aromatic nitrogens is 2. The van der Waals surface area contributed by atoms with Crippen LogP contribution in [0, 0.1) is 0 Å². The zero-order valence-electron chi connectivity index (χ0n) is 16.3. The molecular formula is C21H24ClN5O2. The van der Waals surface area contributed by atoms with Crippen LogP contribution < -0.4 is 15.4 Å². The standard InChI is InChI=1S/C21H24ClN5O2/c1-27(2)12-18(28)13-29-19-9-7-17(8-10-19)26-21-11-20(23-14-24-21)25-16-5-3-15(22)4-6-16/h3-11,14,18,28H,12-13H2,1-2H3,(H2,23,24,25,26). The van der Waals surface area contributed by atoms with Crippen molar-refractivity contribution in [1.82, 2.24) is 14.9 Å². The lowest BCUT2D eigenvalue weighted by molar-refractivity contribution is 0.0831. The summed E-state index contributed by atoms with van der Waals surface area (Å²) >= 11 is 5.91. The maximum absolute atomic E-state index is 9.87. The number of halogens is 1. The third-order valence-corrected chi connectivity index (χ3v) is 4.18. The second kappa shape index (κ2) is 10.1. The van der Waals surface area contributed by atoms with Crippen LogP contribution in [-0.2, 0) is 0 Å². The van der Waals surface area contributed by atoms with Gasteiger partial charge in [0.05, 0.1) is 0 Å². The molecule has 1 heterocycles. The fourth-order valence-corrected chi connectivity index (χ4v) is 2.75. The minimum Gasteiger partial charge on any atom is -0.491 e. The summed E-state index contributed by atoms with van der Waals surface area (Å²) in [5.41, 5.74) is 1.75. The van der Waals surface area contributed by atoms with Crippen LogP contribution >= 0.6 is 11.6 Å². The number of rotatable bonds is 9. The number of aliphatic hydroxyl groups excluding tert-OH is 1. The number of aliphatic hydroxyl groups is 1. The second-order valence-corrected chi connectivity index (χ2v) is 7.23. The molecule has 3 N–H and O–H groups in total. The van der Waals surface area contributed by atoms with Crippen molar-refractivity contribution in [3.63, 3.8) is 0 Å². The quantitative estimate of drug-likeness (QED) is 0.490. The van der Waals surface area contributed by atoms with Gasteiger partial charge in [0.25, 0.3) is 0 Å². The molecule has 0 spiro atoms. The van der Waals surface area contributed by atoms with Gasteiger partial charge in [0.2, 0.25) is 0 Å². The summed E-state index contributed by atoms with van der Waals surface area (Å²) in [5.74, 6) is 2.02. The Morgan fingerprint density at radius 3 is 2.07 bits per heavy atom. The highest BCUT2D eigenvalue weighted by atomic mass is 35.5. The molecule has 1 atom stereocenters. The lowest BCUT2D eigenvalue weighted by Crippen LogP contribution is -2.30. The predicted octanol–water partition coefficient (Wildman–Crippen LogP) is 3.92. The van der Waals surface area contributed by atoms with E-state index in [0.717, 1.165) is 11.4 Å². The van der Waals surface area contributed by atoms with Gasteiger partial charge in [-0.25, -0.2) is 9.97 Å². The van der Waals surface area contributed by atoms with Crippen molar-refractivity contribution in [2.24, 2.45) is 0 Å². The molecule has 0 saturated heterocycles. The molecule has 1 aromatic heterocycles. The highest BCUT2D eigenvalue weighted by molar-refractivity contribution is 6.30. The van der Waals surface area contributed by atoms with E-state index in [1.165, 1.54) is 6.33 Å². The number of benzene rings is 2. The number of nitrogens with zero attached hydrogens (tertiary/aromatic N) is 3. The van der Waals surface area contributed by atoms with E-state index in [1.54, 1.807) is 0 Å². The van der Waals surface area contributed by atoms with E-state index < -0.39 is 6.10 Å². The Labute approximate surface area is 175 Å². The highest BCUT2D eigenvalue weighted by Crippen LogP contribution is 2.22. The van der Waals surface area contributed by atoms with E-state index >= 15 is 0 Å². The number of ether oxygens (including phenoxy) is 1. The topological polar surface area (TPSA) is 82.5 Å². The van der Waals surface area contributed by atoms with Crippen LogP contribution in [0.4, 0.5) is 23.0 Å². The zero-order valence-corrected chi connectivity index (χ0v) is 17.1. The number of hydrogen-bond donors (Lipinski definition) is 3. The van der Waals surface area contributed by atoms with E-state index in [-0.39, 0.29) is 6.61 Å². The third-order valence-electron chi connectivity index (χ3n) is 3.93. The molecule has 29 heavy (non-hydrogen) atoms. The van der Waals surface area contributed by atoms with Gasteiger partial charge in [-0.2, -0.15) is 0 Å². The first-order valence-corrected chi connectivity index (χ1v) is 9.53. The van der Waals surface area contributed by atoms with Crippen molar-refractivity contribution >= 4 is 34.6 Å². The van der Waals surface area contributed by atoms with Crippen LogP contribution in [0.25, 0.3) is 0 Å². The monoisotopic (exact) mass is 413 g/mol. The molecule has 0 saturated carbocycles. The zero-order chi connectivity index (χ0) is 20.6. The number of anilines is 4. The first kappa shape index (κ1) is 20.9. The summed E-state index contributed by atoms with van der Waals surface area (Å²) in [7, 11) is 3.82. The Kier molecular flexibility index (Phi) is 7.24. The fraction of sp³-hybridized carbons (Fsp3) is 0.238. The van der Waals surface area contributed by atoms with E-state index in [0.29, 0.717) is 29.0 Å². The van der Waals surface area contributed by atoms with Crippen LogP contribution in [0.15, 0.2) is 60.9 Å². The van der Waals surface area contributed by atoms with Gasteiger partial charge in [-0.3, -0.25) is 0 Å². The van der Waals surface area contributed by atoms with Crippen molar-refractivity contribution in [1.29, 1.82) is 0 Å². The third kappa shape index (κ3) is 6.90. The molecule has 0 aliphatic rings. The van der Waals surface area contributed by atoms with Gasteiger partial charge in [-0.05, 0) is 62.6 Å². The SMILES string of the molecule is CN(C)CC(O)COc1ccc(Nc2cc(Nc3ccc(Cl)cc3)ncn2)cc1. The fourth-order valence-electron chi connectivity index (χ4n) is 2.62. The summed E-state index contributed by atoms with van der Waals surface area (Å²) in [4.78, 5) is 10.4. The second-order valence-electron chi connectivity index (χ2n) is 6.80. The van der Waals surface area contributed by atoms with Gasteiger partial charge < -0.3 is 25.4 Å². The van der Waals surface area contributed by atoms with Crippen LogP contribution in [-0.4, -0.2) is 53.3 Å². The van der Waals surface area contributed by atoms with Gasteiger partial charge in [0.1, 0.15) is 36.4 Å². The molecule has 1 unspecified atom stereocenters. The van der Waals surface area contributed by atoms with E-state index in [2.05, 4.69) is 20.6 Å². The summed E-state index contributed by atoms with van der Waals surface area (Å²) in [6.07, 6.45) is 0.958. The average Bonchev–Trinajstić information content (AvgIpc) is 2.69. The molecule has 0 fully saturated rings. The molecule has 8 heteroatoms. The summed E-state index contributed by atoms with van der Waals surface area (Å²) in [6.45, 7) is 0.802. The van der Waals surface area contributed by atoms with E-state index in [4.69, 9.17) is 16.3 Å². The molecular weight excluding hydrogens is 390 g/mol. The van der Waals surface area contributed by atoms with E-state index in [9.17, 15) is 5.11 Å². The van der Waals surface area contributed by atoms with Crippen LogP contribution in [0.3, 0.4) is 0 Å². The average molecular weight is 414 g/mol. The summed E-state index contributed by atoms with van der Waals surface area (Å²) < 4.78 is 5.62. The molecule has 0 amide bonds. The smallest absolute Gasteiger partial charge is 0.135 e. The Morgan fingerprint density at radius 1 is 0.966 bits per heavy atom. The molecule has 152 valence electrons. The van der Waals surface area contributed by atoms with Gasteiger partial charge in [-0.15, -0.1) is 0 Å². The van der Waals surface area contributed by atoms with E-state index in [1.807, 2.05) is 73.6 Å². The minimum atomic E-state index is -0.532. The van der Waals surface area contributed by atoms with Crippen molar-refractivity contribution in [2.45, 2.75) is 6.10 Å². The largest absolute Gasteiger partial charge is 0.491 e. The van der Waals surface area contributed by atoms with Crippen LogP contribution in [0.1, 0.15) is 0 Å². The summed E-state index contributed by atoms with van der Waals surface area (Å²) in [6, 6.07) is 16.7. The number of likely N-dealkylation sites (N-methyl/N-ethyl adjacent to an activating group) is 1. The minimum absolute atomic E-state index is 0.247. The van der Waals surface area contributed by atoms with Crippen LogP contribution in [0.2, 0.25) is 5.02 Å². The van der Waals surface area contributed by atoms with Crippen molar-refractivity contribution in [3.8, 4) is 5.75 Å². The molecule has 3 rings (SSSR count). The first-order chi connectivity index (χ1) is 14.0. The molecule has 0 aliphatic carbocycles. The lowest BCUT2D eigenvalue weighted by Gasteiger charge is -2.16. The molecule has 0 bridgehead atoms. The maximum atomic E-state index is 9.87. The molecule has 0 aliphatic heterocycles. The van der Waals surface area contributed by atoms with Gasteiger partial charge in [0, 0.05) is 29.0 Å². The lowest BCUT2D eigenvalue weighted by atomic mass is 10.3. The first-order valence-electron chi connectivity index (χ1n) is 9.15. The Morgan fingerprint density at radius 2 is 1.52 bits per heavy atom. The predicted molar refractivity (Wildman–Crippen MR) is 117 cm³/mol. The van der Waals surface area contributed by atoms with Crippen LogP contribution in [0.5, 0.6) is 5.75 Å². The maximum Gasteiger partial charge on any atom is 0.135 e. The molecule has 0 radical (unpaired) electrons. The Hall–Kier alpha value is -2.87.